The number of carbonyl (C=O) groups excluding carboxylic acids is 2. The molecule has 1 fully saturated rings. The number of carbonyl (C=O) groups is 2. The fourth-order valence-corrected chi connectivity index (χ4v) is 7.90. The van der Waals surface area contributed by atoms with Gasteiger partial charge in [-0.3, -0.25) is 0 Å². The number of aliphatic hydroxyl groups is 1. The van der Waals surface area contributed by atoms with Crippen molar-refractivity contribution in [1.82, 2.24) is 10.6 Å². The van der Waals surface area contributed by atoms with Gasteiger partial charge in [-0.15, -0.1) is 0 Å². The van der Waals surface area contributed by atoms with E-state index in [-0.39, 0.29) is 32.0 Å². The fraction of sp³-hybridized carbons (Fsp3) is 0.200. The molecule has 0 saturated carbocycles. The SMILES string of the molecule is O=C(NC[C@@H](O)CCOC(c1ccccc1)(c1ccccc1)c1ccccc1)OCc1ccccc1.O=C1NC[C@H](CCOC(c2ccccc2)(c2ccccc2)c2ccccc2)O1. The number of nitrogens with one attached hydrogen (secondary N) is 2. The number of alkyl carbamates (subject to hydrolysis) is 2. The molecule has 0 bridgehead atoms. The third-order valence-corrected chi connectivity index (χ3v) is 11.1. The second-order valence-electron chi connectivity index (χ2n) is 15.3. The molecule has 64 heavy (non-hydrogen) atoms. The number of benzene rings is 7. The average Bonchev–Trinajstić information content (AvgIpc) is 3.79. The molecule has 1 saturated heterocycles. The molecule has 0 aromatic heterocycles. The van der Waals surface area contributed by atoms with Crippen LogP contribution in [-0.4, -0.2) is 55.8 Å². The van der Waals surface area contributed by atoms with E-state index in [0.717, 1.165) is 38.9 Å². The van der Waals surface area contributed by atoms with E-state index in [0.29, 0.717) is 26.0 Å². The quantitative estimate of drug-likeness (QED) is 0.0737. The largest absolute Gasteiger partial charge is 0.445 e. The average molecular weight is 855 g/mol. The summed E-state index contributed by atoms with van der Waals surface area (Å²) in [5.41, 5.74) is 5.52. The summed E-state index contributed by atoms with van der Waals surface area (Å²) < 4.78 is 23.8. The minimum atomic E-state index is -0.842. The van der Waals surface area contributed by atoms with E-state index >= 15 is 0 Å². The zero-order chi connectivity index (χ0) is 44.3. The van der Waals surface area contributed by atoms with Gasteiger partial charge in [-0.25, -0.2) is 9.59 Å². The summed E-state index contributed by atoms with van der Waals surface area (Å²) in [7, 11) is 0. The van der Waals surface area contributed by atoms with E-state index in [2.05, 4.69) is 83.4 Å². The van der Waals surface area contributed by atoms with E-state index in [1.807, 2.05) is 140 Å². The summed E-state index contributed by atoms with van der Waals surface area (Å²) >= 11 is 0. The summed E-state index contributed by atoms with van der Waals surface area (Å²) in [4.78, 5) is 23.3. The molecule has 1 aliphatic rings. The Morgan fingerprint density at radius 3 is 1.30 bits per heavy atom. The Kier molecular flexibility index (Phi) is 16.1. The monoisotopic (exact) mass is 854 g/mol. The van der Waals surface area contributed by atoms with Crippen molar-refractivity contribution in [3.8, 4) is 0 Å². The number of hydrogen-bond acceptors (Lipinski definition) is 7. The molecule has 0 spiro atoms. The molecule has 2 atom stereocenters. The molecule has 7 aromatic rings. The third kappa shape index (κ3) is 11.5. The molecular weight excluding hydrogens is 801 g/mol. The molecule has 3 N–H and O–H groups in total. The van der Waals surface area contributed by atoms with Crippen LogP contribution in [-0.2, 0) is 36.8 Å². The Morgan fingerprint density at radius 1 is 0.578 bits per heavy atom. The molecule has 7 aromatic carbocycles. The number of rotatable bonds is 18. The lowest BCUT2D eigenvalue weighted by Gasteiger charge is -2.36. The minimum absolute atomic E-state index is 0.0754. The van der Waals surface area contributed by atoms with E-state index in [9.17, 15) is 14.7 Å². The van der Waals surface area contributed by atoms with Gasteiger partial charge in [-0.05, 0) is 45.4 Å². The maximum Gasteiger partial charge on any atom is 0.407 e. The normalized spacial score (nSPS) is 14.0. The van der Waals surface area contributed by atoms with Crippen LogP contribution in [0, 0.1) is 0 Å². The molecule has 0 aliphatic carbocycles. The Hall–Kier alpha value is -7.04. The Labute approximate surface area is 375 Å². The molecule has 2 amide bonds. The Balaban J connectivity index is 0.000000197. The van der Waals surface area contributed by atoms with Crippen LogP contribution in [0.15, 0.2) is 212 Å². The van der Waals surface area contributed by atoms with Crippen LogP contribution in [0.25, 0.3) is 0 Å². The van der Waals surface area contributed by atoms with E-state index in [1.165, 1.54) is 0 Å². The molecule has 1 aliphatic heterocycles. The first-order valence-corrected chi connectivity index (χ1v) is 21.7. The zero-order valence-corrected chi connectivity index (χ0v) is 35.7. The van der Waals surface area contributed by atoms with Crippen LogP contribution in [0.5, 0.6) is 0 Å². The van der Waals surface area contributed by atoms with Gasteiger partial charge in [-0.2, -0.15) is 0 Å². The van der Waals surface area contributed by atoms with Crippen molar-refractivity contribution >= 4 is 12.2 Å². The molecule has 8 rings (SSSR count). The highest BCUT2D eigenvalue weighted by atomic mass is 16.6. The van der Waals surface area contributed by atoms with E-state index in [4.69, 9.17) is 18.9 Å². The van der Waals surface area contributed by atoms with Crippen LogP contribution in [0.1, 0.15) is 51.8 Å². The number of amides is 2. The molecule has 9 nitrogen and oxygen atoms in total. The third-order valence-electron chi connectivity index (χ3n) is 11.1. The van der Waals surface area contributed by atoms with Gasteiger partial charge in [0.2, 0.25) is 0 Å². The van der Waals surface area contributed by atoms with Crippen molar-refractivity contribution in [2.24, 2.45) is 0 Å². The predicted molar refractivity (Wildman–Crippen MR) is 248 cm³/mol. The van der Waals surface area contributed by atoms with E-state index < -0.39 is 23.4 Å². The van der Waals surface area contributed by atoms with Gasteiger partial charge < -0.3 is 34.7 Å². The van der Waals surface area contributed by atoms with Crippen LogP contribution >= 0.6 is 0 Å². The smallest absolute Gasteiger partial charge is 0.407 e. The Bertz CT molecular complexity index is 2230. The topological polar surface area (TPSA) is 115 Å². The fourth-order valence-electron chi connectivity index (χ4n) is 7.90. The van der Waals surface area contributed by atoms with Crippen molar-refractivity contribution in [3.05, 3.63) is 251 Å². The van der Waals surface area contributed by atoms with Crippen molar-refractivity contribution < 1.29 is 33.6 Å². The number of aliphatic hydroxyl groups excluding tert-OH is 1. The molecule has 9 heteroatoms. The highest BCUT2D eigenvalue weighted by molar-refractivity contribution is 5.69. The van der Waals surface area contributed by atoms with Crippen LogP contribution in [0.3, 0.4) is 0 Å². The molecule has 326 valence electrons. The van der Waals surface area contributed by atoms with Crippen molar-refractivity contribution in [2.75, 3.05) is 26.3 Å². The maximum absolute atomic E-state index is 12.0. The molecule has 1 heterocycles. The second-order valence-corrected chi connectivity index (χ2v) is 15.3. The van der Waals surface area contributed by atoms with Crippen molar-refractivity contribution in [1.29, 1.82) is 0 Å². The predicted octanol–water partition coefficient (Wildman–Crippen LogP) is 10.2. The van der Waals surface area contributed by atoms with Crippen LogP contribution in [0.4, 0.5) is 9.59 Å². The summed E-state index contributed by atoms with van der Waals surface area (Å²) in [5.74, 6) is 0. The lowest BCUT2D eigenvalue weighted by molar-refractivity contribution is -0.00521. The maximum atomic E-state index is 12.0. The standard InChI is InChI=1S/C31H31NO4.C24H23NO3/c33-29(23-32-30(34)35-24-25-13-5-1-6-14-25)21-22-36-31(26-15-7-2-8-16-26,27-17-9-3-10-18-27)28-19-11-4-12-20-28;26-23-25-18-22(28-23)16-17-27-24(19-10-4-1-5-11-19,20-12-6-2-7-13-20)21-14-8-3-9-15-21/h1-20,29,33H,21-24H2,(H,32,34);1-15,22H,16-18H2,(H,25,26)/t29-;22-/m00/s1. The number of ether oxygens (including phenoxy) is 4. The van der Waals surface area contributed by atoms with Crippen LogP contribution in [0.2, 0.25) is 0 Å². The lowest BCUT2D eigenvalue weighted by Crippen LogP contribution is -2.36. The highest BCUT2D eigenvalue weighted by Crippen LogP contribution is 2.42. The first-order chi connectivity index (χ1) is 31.5. The van der Waals surface area contributed by atoms with Gasteiger partial charge in [0.25, 0.3) is 0 Å². The zero-order valence-electron chi connectivity index (χ0n) is 35.7. The molecular formula is C55H54N2O7. The van der Waals surface area contributed by atoms with Crippen molar-refractivity contribution in [2.45, 2.75) is 42.9 Å². The van der Waals surface area contributed by atoms with Crippen LogP contribution < -0.4 is 10.6 Å². The lowest BCUT2D eigenvalue weighted by atomic mass is 9.80. The van der Waals surface area contributed by atoms with Gasteiger partial charge in [0, 0.05) is 13.0 Å². The van der Waals surface area contributed by atoms with Gasteiger partial charge in [0.1, 0.15) is 23.9 Å². The highest BCUT2D eigenvalue weighted by Gasteiger charge is 2.39. The summed E-state index contributed by atoms with van der Waals surface area (Å²) in [6.45, 7) is 1.52. The van der Waals surface area contributed by atoms with Gasteiger partial charge in [0.15, 0.2) is 0 Å². The Morgan fingerprint density at radius 2 is 0.938 bits per heavy atom. The number of cyclic esters (lactones) is 1. The molecule has 0 unspecified atom stereocenters. The van der Waals surface area contributed by atoms with Crippen molar-refractivity contribution in [3.63, 3.8) is 0 Å². The van der Waals surface area contributed by atoms with Gasteiger partial charge in [0.05, 0.1) is 25.9 Å². The summed E-state index contributed by atoms with van der Waals surface area (Å²) in [6.07, 6.45) is -0.890. The summed E-state index contributed by atoms with van der Waals surface area (Å²) in [5, 5.41) is 15.9. The molecule has 0 radical (unpaired) electrons. The number of hydrogen-bond donors (Lipinski definition) is 3. The summed E-state index contributed by atoms with van der Waals surface area (Å²) in [6, 6.07) is 70.5. The van der Waals surface area contributed by atoms with Gasteiger partial charge >= 0.3 is 12.2 Å². The minimum Gasteiger partial charge on any atom is -0.445 e. The van der Waals surface area contributed by atoms with E-state index in [1.54, 1.807) is 0 Å². The first-order valence-electron chi connectivity index (χ1n) is 21.7. The van der Waals surface area contributed by atoms with Gasteiger partial charge in [-0.1, -0.05) is 212 Å². The first kappa shape index (κ1) is 45.0. The second kappa shape index (κ2) is 22.9.